The normalized spacial score (nSPS) is 12.1. The second-order valence-corrected chi connectivity index (χ2v) is 15.7. The van der Waals surface area contributed by atoms with E-state index in [0.29, 0.717) is 0 Å². The third-order valence-corrected chi connectivity index (χ3v) is 10.00. The summed E-state index contributed by atoms with van der Waals surface area (Å²) in [5.74, 6) is 0. The van der Waals surface area contributed by atoms with Crippen molar-refractivity contribution in [1.82, 2.24) is 15.0 Å². The van der Waals surface area contributed by atoms with Gasteiger partial charge in [-0.3, -0.25) is 4.98 Å². The van der Waals surface area contributed by atoms with Crippen molar-refractivity contribution >= 4 is 21.8 Å². The summed E-state index contributed by atoms with van der Waals surface area (Å²) in [7, 11) is 0. The lowest BCUT2D eigenvalue weighted by Crippen LogP contribution is -2.11. The van der Waals surface area contributed by atoms with Gasteiger partial charge in [-0.15, -0.1) is 0 Å². The maximum Gasteiger partial charge on any atom is 0.0730 e. The Bertz CT molecular complexity index is 2510. The molecule has 8 aromatic rings. The number of fused-ring (bicyclic) bond motifs is 3. The predicted molar refractivity (Wildman–Crippen MR) is 216 cm³/mol. The molecule has 0 amide bonds. The molecular formula is C48H43N3. The van der Waals surface area contributed by atoms with Crippen LogP contribution in [0.3, 0.4) is 0 Å². The van der Waals surface area contributed by atoms with Gasteiger partial charge in [0.05, 0.1) is 28.1 Å². The molecule has 0 saturated heterocycles. The lowest BCUT2D eigenvalue weighted by Gasteiger charge is -2.21. The van der Waals surface area contributed by atoms with Crippen molar-refractivity contribution in [2.24, 2.45) is 0 Å². The number of benzene rings is 5. The van der Waals surface area contributed by atoms with E-state index in [9.17, 15) is 0 Å². The van der Waals surface area contributed by atoms with E-state index in [1.54, 1.807) is 0 Å². The number of hydrogen-bond donors (Lipinski definition) is 1. The molecule has 0 aliphatic carbocycles. The molecule has 0 bridgehead atoms. The van der Waals surface area contributed by atoms with Crippen molar-refractivity contribution in [3.8, 4) is 56.0 Å². The van der Waals surface area contributed by atoms with E-state index in [-0.39, 0.29) is 10.8 Å². The average Bonchev–Trinajstić information content (AvgIpc) is 3.53. The number of hydrogen-bond acceptors (Lipinski definition) is 2. The fourth-order valence-electron chi connectivity index (χ4n) is 6.98. The van der Waals surface area contributed by atoms with E-state index >= 15 is 0 Å². The fourth-order valence-corrected chi connectivity index (χ4v) is 6.98. The molecule has 3 heterocycles. The maximum absolute atomic E-state index is 5.35. The van der Waals surface area contributed by atoms with Crippen molar-refractivity contribution in [2.75, 3.05) is 0 Å². The van der Waals surface area contributed by atoms with Crippen molar-refractivity contribution in [2.45, 2.75) is 52.4 Å². The molecule has 3 heteroatoms. The van der Waals surface area contributed by atoms with E-state index in [4.69, 9.17) is 9.97 Å². The number of nitrogens with zero attached hydrogens (tertiary/aromatic N) is 2. The summed E-state index contributed by atoms with van der Waals surface area (Å²) in [5.41, 5.74) is 15.6. The van der Waals surface area contributed by atoms with Gasteiger partial charge in [-0.25, -0.2) is 4.98 Å². The molecular weight excluding hydrogens is 619 g/mol. The monoisotopic (exact) mass is 661 g/mol. The Morgan fingerprint density at radius 1 is 0.412 bits per heavy atom. The quantitative estimate of drug-likeness (QED) is 0.199. The van der Waals surface area contributed by atoms with Gasteiger partial charge in [0.1, 0.15) is 0 Å². The van der Waals surface area contributed by atoms with Crippen LogP contribution in [0.2, 0.25) is 0 Å². The Hall–Kier alpha value is -5.80. The maximum atomic E-state index is 5.35. The highest BCUT2D eigenvalue weighted by molar-refractivity contribution is 6.15. The molecule has 0 radical (unpaired) electrons. The van der Waals surface area contributed by atoms with E-state index in [2.05, 4.69) is 180 Å². The van der Waals surface area contributed by atoms with Crippen LogP contribution in [0.5, 0.6) is 0 Å². The second kappa shape index (κ2) is 12.5. The molecule has 250 valence electrons. The van der Waals surface area contributed by atoms with Gasteiger partial charge in [-0.1, -0.05) is 126 Å². The lowest BCUT2D eigenvalue weighted by atomic mass is 9.83. The van der Waals surface area contributed by atoms with Crippen molar-refractivity contribution < 1.29 is 0 Å². The number of aromatic nitrogens is 3. The summed E-state index contributed by atoms with van der Waals surface area (Å²) in [6.45, 7) is 13.7. The van der Waals surface area contributed by atoms with Crippen LogP contribution in [-0.4, -0.2) is 15.0 Å². The van der Waals surface area contributed by atoms with Gasteiger partial charge in [0.15, 0.2) is 0 Å². The molecule has 3 nitrogen and oxygen atoms in total. The highest BCUT2D eigenvalue weighted by atomic mass is 14.8. The number of H-pyrrole nitrogens is 1. The van der Waals surface area contributed by atoms with Gasteiger partial charge in [-0.2, -0.15) is 0 Å². The summed E-state index contributed by atoms with van der Waals surface area (Å²) in [4.78, 5) is 14.0. The fraction of sp³-hybridized carbons (Fsp3) is 0.167. The molecule has 0 saturated carbocycles. The summed E-state index contributed by atoms with van der Waals surface area (Å²) in [6, 6.07) is 50.0. The minimum atomic E-state index is -0.0556. The van der Waals surface area contributed by atoms with Crippen LogP contribution in [0.1, 0.15) is 52.7 Å². The number of rotatable bonds is 5. The number of nitrogens with one attached hydrogen (secondary N) is 1. The van der Waals surface area contributed by atoms with Crippen LogP contribution >= 0.6 is 0 Å². The molecule has 0 unspecified atom stereocenters. The van der Waals surface area contributed by atoms with Gasteiger partial charge in [0.25, 0.3) is 0 Å². The van der Waals surface area contributed by atoms with E-state index in [0.717, 1.165) is 44.8 Å². The predicted octanol–water partition coefficient (Wildman–Crippen LogP) is 13.0. The van der Waals surface area contributed by atoms with Crippen LogP contribution in [0.4, 0.5) is 0 Å². The number of aromatic amines is 1. The third kappa shape index (κ3) is 6.25. The van der Waals surface area contributed by atoms with Crippen LogP contribution in [0, 0.1) is 0 Å². The summed E-state index contributed by atoms with van der Waals surface area (Å²) in [5, 5.41) is 2.43. The zero-order valence-electron chi connectivity index (χ0n) is 30.3. The zero-order valence-corrected chi connectivity index (χ0v) is 30.3. The minimum Gasteiger partial charge on any atom is -0.353 e. The van der Waals surface area contributed by atoms with Gasteiger partial charge >= 0.3 is 0 Å². The molecule has 3 aromatic heterocycles. The first-order valence-electron chi connectivity index (χ1n) is 17.8. The van der Waals surface area contributed by atoms with Crippen molar-refractivity contribution in [1.29, 1.82) is 0 Å². The SMILES string of the molecule is CC(C)(C)c1cc(-c2ccccn2)c2[nH]c3c(-c4cccc(-c5cccc(-c6ccc(-c7ccccc7)cc6)c5)n4)cc(C(C)(C)C)cc3c2c1. The first-order valence-corrected chi connectivity index (χ1v) is 17.8. The summed E-state index contributed by atoms with van der Waals surface area (Å²) < 4.78 is 0. The highest BCUT2D eigenvalue weighted by Gasteiger charge is 2.24. The highest BCUT2D eigenvalue weighted by Crippen LogP contribution is 2.42. The van der Waals surface area contributed by atoms with E-state index in [1.165, 1.54) is 44.2 Å². The molecule has 0 aliphatic heterocycles. The van der Waals surface area contributed by atoms with Crippen molar-refractivity contribution in [3.05, 3.63) is 157 Å². The first kappa shape index (κ1) is 32.4. The third-order valence-electron chi connectivity index (χ3n) is 10.00. The Labute approximate surface area is 301 Å². The Balaban J connectivity index is 1.27. The molecule has 5 aromatic carbocycles. The van der Waals surface area contributed by atoms with Gasteiger partial charge < -0.3 is 4.98 Å². The summed E-state index contributed by atoms with van der Waals surface area (Å²) in [6.07, 6.45) is 1.88. The van der Waals surface area contributed by atoms with Crippen LogP contribution in [0.15, 0.2) is 146 Å². The van der Waals surface area contributed by atoms with Gasteiger partial charge in [-0.05, 0) is 98.8 Å². The average molecular weight is 662 g/mol. The molecule has 51 heavy (non-hydrogen) atoms. The molecule has 1 N–H and O–H groups in total. The smallest absolute Gasteiger partial charge is 0.0730 e. The molecule has 0 fully saturated rings. The van der Waals surface area contributed by atoms with Gasteiger partial charge in [0, 0.05) is 33.7 Å². The topological polar surface area (TPSA) is 41.6 Å². The molecule has 0 aliphatic rings. The van der Waals surface area contributed by atoms with Gasteiger partial charge in [0.2, 0.25) is 0 Å². The zero-order chi connectivity index (χ0) is 35.3. The largest absolute Gasteiger partial charge is 0.353 e. The number of pyridine rings is 2. The molecule has 8 rings (SSSR count). The first-order chi connectivity index (χ1) is 24.5. The summed E-state index contributed by atoms with van der Waals surface area (Å²) >= 11 is 0. The lowest BCUT2D eigenvalue weighted by molar-refractivity contribution is 0.590. The Morgan fingerprint density at radius 3 is 1.51 bits per heavy atom. The molecule has 0 spiro atoms. The molecule has 0 atom stereocenters. The van der Waals surface area contributed by atoms with E-state index in [1.807, 2.05) is 12.3 Å². The van der Waals surface area contributed by atoms with Crippen LogP contribution < -0.4 is 0 Å². The minimum absolute atomic E-state index is 0.0276. The van der Waals surface area contributed by atoms with Crippen LogP contribution in [-0.2, 0) is 10.8 Å². The Morgan fingerprint density at radius 2 is 0.902 bits per heavy atom. The van der Waals surface area contributed by atoms with E-state index < -0.39 is 0 Å². The van der Waals surface area contributed by atoms with Crippen LogP contribution in [0.25, 0.3) is 77.8 Å². The Kier molecular flexibility index (Phi) is 7.95. The second-order valence-electron chi connectivity index (χ2n) is 15.7. The van der Waals surface area contributed by atoms with Crippen molar-refractivity contribution in [3.63, 3.8) is 0 Å². The standard InChI is InChI=1S/C48H43N3/c1-47(2,3)36-27-38-39-28-37(48(4,5)6)30-41(46(39)51-45(38)40(29-36)43-18-10-11-25-49-43)44-20-13-19-42(50-44)35-17-12-16-34(26-35)33-23-21-32(22-24-33)31-14-8-7-9-15-31/h7-30,51H,1-6H3.